The Hall–Kier alpha value is -2.52. The van der Waals surface area contributed by atoms with E-state index in [-0.39, 0.29) is 22.9 Å². The first-order valence-corrected chi connectivity index (χ1v) is 6.46. The molecule has 1 heterocycles. The topological polar surface area (TPSA) is 48.3 Å². The number of hydrogen-bond donors (Lipinski definition) is 0. The number of fused-ring (bicyclic) bond motifs is 1. The molecule has 0 N–H and O–H groups in total. The van der Waals surface area contributed by atoms with Crippen LogP contribution in [0.3, 0.4) is 0 Å². The number of hydrogen-bond acceptors (Lipinski definition) is 3. The molecule has 0 saturated carbocycles. The van der Waals surface area contributed by atoms with Gasteiger partial charge in [-0.05, 0) is 11.6 Å². The second-order valence-electron chi connectivity index (χ2n) is 4.73. The molecular formula is C14H9F6NO3. The summed E-state index contributed by atoms with van der Waals surface area (Å²) in [5.74, 6) is -4.52. The van der Waals surface area contributed by atoms with Crippen LogP contribution in [0.25, 0.3) is 10.9 Å². The summed E-state index contributed by atoms with van der Waals surface area (Å²) < 4.78 is 78.2. The second-order valence-corrected chi connectivity index (χ2v) is 4.73. The van der Waals surface area contributed by atoms with Gasteiger partial charge in [-0.15, -0.1) is 0 Å². The van der Waals surface area contributed by atoms with Crippen molar-refractivity contribution in [3.8, 4) is 0 Å². The Balaban J connectivity index is 2.26. The average molecular weight is 353 g/mol. The molecule has 0 unspecified atom stereocenters. The van der Waals surface area contributed by atoms with Gasteiger partial charge >= 0.3 is 24.2 Å². The van der Waals surface area contributed by atoms with E-state index in [0.717, 1.165) is 6.20 Å². The minimum Gasteiger partial charge on any atom is -0.459 e. The fraction of sp³-hybridized carbons (Fsp3) is 0.286. The zero-order valence-electron chi connectivity index (χ0n) is 11.7. The average Bonchev–Trinajstić information content (AvgIpc) is 2.83. The van der Waals surface area contributed by atoms with Crippen LogP contribution in [-0.2, 0) is 16.0 Å². The van der Waals surface area contributed by atoms with Gasteiger partial charge < -0.3 is 4.74 Å². The quantitative estimate of drug-likeness (QED) is 0.627. The van der Waals surface area contributed by atoms with Crippen LogP contribution >= 0.6 is 0 Å². The van der Waals surface area contributed by atoms with E-state index < -0.39 is 30.8 Å². The summed E-state index contributed by atoms with van der Waals surface area (Å²) in [7, 11) is 0. The Morgan fingerprint density at radius 3 is 2.21 bits per heavy atom. The maximum Gasteiger partial charge on any atom is 0.490 e. The van der Waals surface area contributed by atoms with Crippen molar-refractivity contribution in [2.75, 3.05) is 6.61 Å². The molecule has 2 rings (SSSR count). The molecule has 24 heavy (non-hydrogen) atoms. The number of halogens is 6. The SMILES string of the molecule is O=C(OCCc1cn(C(=O)C(F)(F)F)c2ccccc12)C(F)(F)F. The fourth-order valence-corrected chi connectivity index (χ4v) is 2.09. The number of aromatic nitrogens is 1. The van der Waals surface area contributed by atoms with Gasteiger partial charge in [0.1, 0.15) is 0 Å². The summed E-state index contributed by atoms with van der Waals surface area (Å²) in [6, 6.07) is 5.59. The molecule has 0 saturated heterocycles. The van der Waals surface area contributed by atoms with Crippen molar-refractivity contribution in [1.82, 2.24) is 4.57 Å². The van der Waals surface area contributed by atoms with Crippen LogP contribution in [0.2, 0.25) is 0 Å². The van der Waals surface area contributed by atoms with E-state index >= 15 is 0 Å². The zero-order chi connectivity index (χ0) is 18.1. The number of benzene rings is 1. The number of para-hydroxylation sites is 1. The maximum atomic E-state index is 12.6. The van der Waals surface area contributed by atoms with Gasteiger partial charge in [-0.2, -0.15) is 26.3 Å². The van der Waals surface area contributed by atoms with Gasteiger partial charge in [-0.1, -0.05) is 18.2 Å². The smallest absolute Gasteiger partial charge is 0.459 e. The summed E-state index contributed by atoms with van der Waals surface area (Å²) in [6.07, 6.45) is -9.66. The number of alkyl halides is 6. The maximum absolute atomic E-state index is 12.6. The van der Waals surface area contributed by atoms with Crippen molar-refractivity contribution in [1.29, 1.82) is 0 Å². The third-order valence-electron chi connectivity index (χ3n) is 3.09. The van der Waals surface area contributed by atoms with E-state index in [2.05, 4.69) is 4.74 Å². The molecule has 0 aliphatic heterocycles. The monoisotopic (exact) mass is 353 g/mol. The summed E-state index contributed by atoms with van der Waals surface area (Å²) in [4.78, 5) is 22.0. The zero-order valence-corrected chi connectivity index (χ0v) is 11.7. The van der Waals surface area contributed by atoms with Crippen LogP contribution in [0.5, 0.6) is 0 Å². The molecular weight excluding hydrogens is 344 g/mol. The van der Waals surface area contributed by atoms with Gasteiger partial charge in [0, 0.05) is 18.0 Å². The molecule has 130 valence electrons. The number of nitrogens with zero attached hydrogens (tertiary/aromatic N) is 1. The van der Waals surface area contributed by atoms with Crippen molar-refractivity contribution in [2.24, 2.45) is 0 Å². The lowest BCUT2D eigenvalue weighted by Gasteiger charge is -2.07. The molecule has 1 aromatic heterocycles. The molecule has 0 bridgehead atoms. The predicted molar refractivity (Wildman–Crippen MR) is 69.3 cm³/mol. The molecule has 0 amide bonds. The van der Waals surface area contributed by atoms with Gasteiger partial charge in [-0.3, -0.25) is 9.36 Å². The highest BCUT2D eigenvalue weighted by Gasteiger charge is 2.41. The summed E-state index contributed by atoms with van der Waals surface area (Å²) in [5.41, 5.74) is 0.107. The fourth-order valence-electron chi connectivity index (χ4n) is 2.09. The molecule has 0 atom stereocenters. The van der Waals surface area contributed by atoms with Crippen LogP contribution in [0.15, 0.2) is 30.5 Å². The van der Waals surface area contributed by atoms with Crippen LogP contribution < -0.4 is 0 Å². The highest BCUT2D eigenvalue weighted by Crippen LogP contribution is 2.26. The molecule has 0 radical (unpaired) electrons. The molecule has 0 aliphatic rings. The van der Waals surface area contributed by atoms with Crippen molar-refractivity contribution in [3.05, 3.63) is 36.0 Å². The molecule has 0 fully saturated rings. The summed E-state index contributed by atoms with van der Waals surface area (Å²) >= 11 is 0. The largest absolute Gasteiger partial charge is 0.490 e. The Kier molecular flexibility index (Phi) is 4.59. The molecule has 10 heteroatoms. The first kappa shape index (κ1) is 17.8. The van der Waals surface area contributed by atoms with Crippen LogP contribution in [-0.4, -0.2) is 35.4 Å². The van der Waals surface area contributed by atoms with Gasteiger partial charge in [-0.25, -0.2) is 4.79 Å². The Bertz CT molecular complexity index is 775. The highest BCUT2D eigenvalue weighted by molar-refractivity contribution is 5.96. The van der Waals surface area contributed by atoms with Crippen LogP contribution in [0.1, 0.15) is 10.4 Å². The summed E-state index contributed by atoms with van der Waals surface area (Å²) in [6.45, 7) is -0.688. The van der Waals surface area contributed by atoms with Gasteiger partial charge in [0.2, 0.25) is 0 Å². The highest BCUT2D eigenvalue weighted by atomic mass is 19.4. The minimum absolute atomic E-state index is 0.0445. The minimum atomic E-state index is -5.15. The van der Waals surface area contributed by atoms with E-state index in [1.165, 1.54) is 24.3 Å². The molecule has 0 aliphatic carbocycles. The summed E-state index contributed by atoms with van der Waals surface area (Å²) in [5, 5.41) is 0.248. The number of rotatable bonds is 3. The predicted octanol–water partition coefficient (Wildman–Crippen LogP) is 3.49. The van der Waals surface area contributed by atoms with Crippen molar-refractivity contribution in [3.63, 3.8) is 0 Å². The number of carbonyl (C=O) groups excluding carboxylic acids is 2. The molecule has 0 spiro atoms. The van der Waals surface area contributed by atoms with Gasteiger partial charge in [0.15, 0.2) is 0 Å². The Morgan fingerprint density at radius 1 is 1.00 bits per heavy atom. The van der Waals surface area contributed by atoms with E-state index in [9.17, 15) is 35.9 Å². The number of carbonyl (C=O) groups is 2. The van der Waals surface area contributed by atoms with E-state index in [0.29, 0.717) is 4.57 Å². The first-order chi connectivity index (χ1) is 11.0. The second kappa shape index (κ2) is 6.17. The normalized spacial score (nSPS) is 12.4. The van der Waals surface area contributed by atoms with Crippen molar-refractivity contribution in [2.45, 2.75) is 18.8 Å². The third kappa shape index (κ3) is 3.69. The molecule has 4 nitrogen and oxygen atoms in total. The third-order valence-corrected chi connectivity index (χ3v) is 3.09. The van der Waals surface area contributed by atoms with Gasteiger partial charge in [0.05, 0.1) is 12.1 Å². The van der Waals surface area contributed by atoms with Gasteiger partial charge in [0.25, 0.3) is 0 Å². The van der Waals surface area contributed by atoms with Crippen molar-refractivity contribution >= 4 is 22.8 Å². The van der Waals surface area contributed by atoms with E-state index in [1.807, 2.05) is 0 Å². The molecule has 2 aromatic rings. The van der Waals surface area contributed by atoms with Crippen LogP contribution in [0.4, 0.5) is 26.3 Å². The standard InChI is InChI=1S/C14H9F6NO3/c15-13(16,17)11(22)21-7-8(9-3-1-2-4-10(9)21)5-6-24-12(23)14(18,19)20/h1-4,7H,5-6H2. The van der Waals surface area contributed by atoms with E-state index in [4.69, 9.17) is 0 Å². The first-order valence-electron chi connectivity index (χ1n) is 6.46. The van der Waals surface area contributed by atoms with Crippen molar-refractivity contribution < 1.29 is 40.7 Å². The Morgan fingerprint density at radius 2 is 1.62 bits per heavy atom. The molecule has 1 aromatic carbocycles. The lowest BCUT2D eigenvalue weighted by atomic mass is 10.1. The Labute approximate surface area is 130 Å². The lowest BCUT2D eigenvalue weighted by Crippen LogP contribution is -2.28. The number of esters is 1. The van der Waals surface area contributed by atoms with Crippen LogP contribution in [0, 0.1) is 0 Å². The lowest BCUT2D eigenvalue weighted by molar-refractivity contribution is -0.199. The number of ether oxygens (including phenoxy) is 1. The van der Waals surface area contributed by atoms with E-state index in [1.54, 1.807) is 0 Å².